The molecule has 0 radical (unpaired) electrons. The first-order valence-electron chi connectivity index (χ1n) is 8.13. The van der Waals surface area contributed by atoms with E-state index in [2.05, 4.69) is 5.10 Å². The van der Waals surface area contributed by atoms with Gasteiger partial charge in [-0.3, -0.25) is 8.99 Å². The molecule has 0 unspecified atom stereocenters. The molecule has 23 heavy (non-hydrogen) atoms. The van der Waals surface area contributed by atoms with Crippen LogP contribution in [-0.4, -0.2) is 24.7 Å². The Labute approximate surface area is 137 Å². The van der Waals surface area contributed by atoms with Crippen molar-refractivity contribution in [3.05, 3.63) is 41.2 Å². The molecule has 0 saturated heterocycles. The van der Waals surface area contributed by atoms with Crippen LogP contribution in [0.1, 0.15) is 29.8 Å². The Morgan fingerprint density at radius 3 is 2.70 bits per heavy atom. The summed E-state index contributed by atoms with van der Waals surface area (Å²) in [6, 6.07) is 7.74. The Morgan fingerprint density at radius 1 is 1.22 bits per heavy atom. The molecule has 122 valence electrons. The second-order valence-corrected chi connectivity index (χ2v) is 8.38. The van der Waals surface area contributed by atoms with E-state index < -0.39 is 10.0 Å². The van der Waals surface area contributed by atoms with E-state index in [-0.39, 0.29) is 0 Å². The lowest BCUT2D eigenvalue weighted by Crippen LogP contribution is -2.30. The molecule has 4 rings (SSSR count). The van der Waals surface area contributed by atoms with Crippen LogP contribution in [0.4, 0.5) is 5.69 Å². The number of fused-ring (bicyclic) bond motifs is 1. The van der Waals surface area contributed by atoms with Crippen LogP contribution in [0.5, 0.6) is 0 Å². The van der Waals surface area contributed by atoms with Crippen molar-refractivity contribution in [1.82, 2.24) is 9.78 Å². The molecule has 0 N–H and O–H groups in total. The van der Waals surface area contributed by atoms with Crippen LogP contribution in [0, 0.1) is 19.8 Å². The number of anilines is 1. The zero-order valence-electron chi connectivity index (χ0n) is 13.5. The monoisotopic (exact) mass is 331 g/mol. The van der Waals surface area contributed by atoms with Crippen molar-refractivity contribution in [1.29, 1.82) is 0 Å². The highest BCUT2D eigenvalue weighted by Gasteiger charge is 2.35. The van der Waals surface area contributed by atoms with Crippen LogP contribution in [0.3, 0.4) is 0 Å². The van der Waals surface area contributed by atoms with Gasteiger partial charge in [-0.05, 0) is 50.7 Å². The Kier molecular flexibility index (Phi) is 3.27. The average Bonchev–Trinajstić information content (AvgIpc) is 3.13. The minimum atomic E-state index is -3.56. The summed E-state index contributed by atoms with van der Waals surface area (Å²) in [7, 11) is -3.56. The standard InChI is InChI=1S/C17H21N3O2S/c1-12-17(13(2)19(18-12)11-14-7-8-14)23(21,22)20-10-9-15-5-3-4-6-16(15)20/h3-6,14H,7-11H2,1-2H3. The summed E-state index contributed by atoms with van der Waals surface area (Å²) in [6.07, 6.45) is 3.21. The van der Waals surface area contributed by atoms with E-state index in [1.54, 1.807) is 11.2 Å². The van der Waals surface area contributed by atoms with Crippen LogP contribution in [0.2, 0.25) is 0 Å². The molecule has 1 fully saturated rings. The molecule has 2 heterocycles. The average molecular weight is 331 g/mol. The van der Waals surface area contributed by atoms with Gasteiger partial charge in [0.05, 0.1) is 17.1 Å². The molecule has 2 aliphatic rings. The third kappa shape index (κ3) is 2.36. The van der Waals surface area contributed by atoms with E-state index in [1.807, 2.05) is 35.9 Å². The lowest BCUT2D eigenvalue weighted by atomic mass is 10.2. The number of para-hydroxylation sites is 1. The molecule has 1 aliphatic carbocycles. The topological polar surface area (TPSA) is 55.2 Å². The van der Waals surface area contributed by atoms with Crippen molar-refractivity contribution in [2.24, 2.45) is 5.92 Å². The molecule has 5 nitrogen and oxygen atoms in total. The highest BCUT2D eigenvalue weighted by molar-refractivity contribution is 7.93. The summed E-state index contributed by atoms with van der Waals surface area (Å²) >= 11 is 0. The van der Waals surface area contributed by atoms with E-state index >= 15 is 0 Å². The SMILES string of the molecule is Cc1nn(CC2CC2)c(C)c1S(=O)(=O)N1CCc2ccccc21. The molecule has 1 aliphatic heterocycles. The van der Waals surface area contributed by atoms with Crippen molar-refractivity contribution in [3.63, 3.8) is 0 Å². The van der Waals surface area contributed by atoms with E-state index in [9.17, 15) is 8.42 Å². The molecule has 6 heteroatoms. The van der Waals surface area contributed by atoms with Crippen LogP contribution < -0.4 is 4.31 Å². The maximum absolute atomic E-state index is 13.2. The summed E-state index contributed by atoms with van der Waals surface area (Å²) in [5, 5.41) is 4.49. The summed E-state index contributed by atoms with van der Waals surface area (Å²) in [5.74, 6) is 0.663. The van der Waals surface area contributed by atoms with Gasteiger partial charge in [-0.2, -0.15) is 5.10 Å². The van der Waals surface area contributed by atoms with Gasteiger partial charge in [0, 0.05) is 13.1 Å². The number of hydrogen-bond donors (Lipinski definition) is 0. The second-order valence-electron chi connectivity index (χ2n) is 6.58. The van der Waals surface area contributed by atoms with Gasteiger partial charge in [0.15, 0.2) is 0 Å². The predicted molar refractivity (Wildman–Crippen MR) is 89.1 cm³/mol. The highest BCUT2D eigenvalue weighted by atomic mass is 32.2. The van der Waals surface area contributed by atoms with E-state index in [0.29, 0.717) is 23.1 Å². The lowest BCUT2D eigenvalue weighted by Gasteiger charge is -2.19. The largest absolute Gasteiger partial charge is 0.268 e. The molecule has 0 spiro atoms. The van der Waals surface area contributed by atoms with Crippen LogP contribution >= 0.6 is 0 Å². The van der Waals surface area contributed by atoms with Crippen molar-refractivity contribution in [3.8, 4) is 0 Å². The van der Waals surface area contributed by atoms with Gasteiger partial charge in [0.2, 0.25) is 0 Å². The maximum atomic E-state index is 13.2. The van der Waals surface area contributed by atoms with Gasteiger partial charge in [-0.25, -0.2) is 8.42 Å². The Hall–Kier alpha value is -1.82. The number of aryl methyl sites for hydroxylation is 1. The first-order chi connectivity index (χ1) is 11.0. The zero-order valence-corrected chi connectivity index (χ0v) is 14.3. The summed E-state index contributed by atoms with van der Waals surface area (Å²) in [6.45, 7) is 5.01. The van der Waals surface area contributed by atoms with E-state index in [4.69, 9.17) is 0 Å². The smallest absolute Gasteiger partial charge is 0.268 e. The zero-order chi connectivity index (χ0) is 16.2. The second kappa shape index (κ2) is 5.09. The first kappa shape index (κ1) is 14.8. The minimum Gasteiger partial charge on any atom is -0.268 e. The van der Waals surface area contributed by atoms with Gasteiger partial charge in [-0.1, -0.05) is 18.2 Å². The van der Waals surface area contributed by atoms with Gasteiger partial charge >= 0.3 is 0 Å². The fourth-order valence-corrected chi connectivity index (χ4v) is 5.33. The van der Waals surface area contributed by atoms with Crippen LogP contribution in [0.15, 0.2) is 29.2 Å². The maximum Gasteiger partial charge on any atom is 0.268 e. The lowest BCUT2D eigenvalue weighted by molar-refractivity contribution is 0.544. The summed E-state index contributed by atoms with van der Waals surface area (Å²) in [5.41, 5.74) is 3.27. The van der Waals surface area contributed by atoms with Crippen molar-refractivity contribution >= 4 is 15.7 Å². The fourth-order valence-electron chi connectivity index (χ4n) is 3.44. The quantitative estimate of drug-likeness (QED) is 0.865. The molecule has 1 aromatic heterocycles. The molecule has 1 saturated carbocycles. The van der Waals surface area contributed by atoms with E-state index in [1.165, 1.54) is 12.8 Å². The Balaban J connectivity index is 1.76. The van der Waals surface area contributed by atoms with Gasteiger partial charge in [-0.15, -0.1) is 0 Å². The third-order valence-electron chi connectivity index (χ3n) is 4.84. The molecular formula is C17H21N3O2S. The molecule has 0 amide bonds. The molecular weight excluding hydrogens is 310 g/mol. The number of aromatic nitrogens is 2. The summed E-state index contributed by atoms with van der Waals surface area (Å²) in [4.78, 5) is 0.384. The van der Waals surface area contributed by atoms with Crippen molar-refractivity contribution < 1.29 is 8.42 Å². The van der Waals surface area contributed by atoms with Gasteiger partial charge < -0.3 is 0 Å². The summed E-state index contributed by atoms with van der Waals surface area (Å²) < 4.78 is 29.9. The number of benzene rings is 1. The normalized spacial score (nSPS) is 17.6. The number of hydrogen-bond acceptors (Lipinski definition) is 3. The highest BCUT2D eigenvalue weighted by Crippen LogP contribution is 2.36. The fraction of sp³-hybridized carbons (Fsp3) is 0.471. The predicted octanol–water partition coefficient (Wildman–Crippen LogP) is 2.66. The van der Waals surface area contributed by atoms with Crippen LogP contribution in [0.25, 0.3) is 0 Å². The number of rotatable bonds is 4. The van der Waals surface area contributed by atoms with Crippen molar-refractivity contribution in [2.75, 3.05) is 10.8 Å². The Morgan fingerprint density at radius 2 is 1.96 bits per heavy atom. The van der Waals surface area contributed by atoms with E-state index in [0.717, 1.165) is 29.9 Å². The van der Waals surface area contributed by atoms with Crippen LogP contribution in [-0.2, 0) is 23.0 Å². The van der Waals surface area contributed by atoms with Crippen molar-refractivity contribution in [2.45, 2.75) is 44.6 Å². The number of nitrogens with zero attached hydrogens (tertiary/aromatic N) is 3. The third-order valence-corrected chi connectivity index (χ3v) is 6.90. The van der Waals surface area contributed by atoms with Gasteiger partial charge in [0.1, 0.15) is 4.90 Å². The molecule has 1 aromatic carbocycles. The number of sulfonamides is 1. The minimum absolute atomic E-state index is 0.384. The van der Waals surface area contributed by atoms with Gasteiger partial charge in [0.25, 0.3) is 10.0 Å². The Bertz CT molecular complexity index is 866. The molecule has 2 aromatic rings. The molecule has 0 bridgehead atoms. The molecule has 0 atom stereocenters. The first-order valence-corrected chi connectivity index (χ1v) is 9.57.